The third kappa shape index (κ3) is 3.96. The molecule has 8 heteroatoms. The highest BCUT2D eigenvalue weighted by Crippen LogP contribution is 2.31. The van der Waals surface area contributed by atoms with E-state index >= 15 is 0 Å². The summed E-state index contributed by atoms with van der Waals surface area (Å²) in [6, 6.07) is 16.0. The monoisotopic (exact) mass is 430 g/mol. The van der Waals surface area contributed by atoms with Crippen molar-refractivity contribution in [2.75, 3.05) is 0 Å². The van der Waals surface area contributed by atoms with Gasteiger partial charge in [0.25, 0.3) is 10.0 Å². The van der Waals surface area contributed by atoms with Gasteiger partial charge in [0.1, 0.15) is 16.1 Å². The van der Waals surface area contributed by atoms with Crippen molar-refractivity contribution in [3.8, 4) is 0 Å². The van der Waals surface area contributed by atoms with E-state index < -0.39 is 27.8 Å². The molecule has 0 saturated carbocycles. The van der Waals surface area contributed by atoms with E-state index in [0.717, 1.165) is 22.5 Å². The lowest BCUT2D eigenvalue weighted by atomic mass is 9.95. The minimum absolute atomic E-state index is 0.00343. The lowest BCUT2D eigenvalue weighted by Gasteiger charge is -2.34. The van der Waals surface area contributed by atoms with Crippen molar-refractivity contribution in [1.82, 2.24) is 9.62 Å². The first-order chi connectivity index (χ1) is 14.0. The molecule has 0 radical (unpaired) electrons. The van der Waals surface area contributed by atoms with Gasteiger partial charge in [0.05, 0.1) is 0 Å². The summed E-state index contributed by atoms with van der Waals surface area (Å²) in [7, 11) is -3.83. The van der Waals surface area contributed by atoms with Crippen molar-refractivity contribution >= 4 is 27.3 Å². The molecular formula is C21H19FN2O3S2. The predicted octanol–water partition coefficient (Wildman–Crippen LogP) is 3.32. The van der Waals surface area contributed by atoms with Crippen LogP contribution in [-0.2, 0) is 34.3 Å². The summed E-state index contributed by atoms with van der Waals surface area (Å²) in [5.74, 6) is -0.854. The summed E-state index contributed by atoms with van der Waals surface area (Å²) in [5, 5.41) is 4.40. The molecule has 0 saturated heterocycles. The number of benzene rings is 2. The number of fused-ring (bicyclic) bond motifs is 1. The Balaban J connectivity index is 1.63. The van der Waals surface area contributed by atoms with Crippen LogP contribution in [0, 0.1) is 5.82 Å². The summed E-state index contributed by atoms with van der Waals surface area (Å²) in [5.41, 5.74) is 2.17. The standard InChI is InChI=1S/C21H19FN2O3S2/c22-18-9-4-3-7-16(18)13-23-21(25)19-12-15-6-1-2-8-17(15)14-24(19)29(26,27)20-10-5-11-28-20/h1-11,19H,12-14H2,(H,23,25). The highest BCUT2D eigenvalue weighted by molar-refractivity contribution is 7.91. The van der Waals surface area contributed by atoms with Crippen LogP contribution in [0.15, 0.2) is 70.3 Å². The molecule has 1 N–H and O–H groups in total. The molecule has 2 heterocycles. The first-order valence-electron chi connectivity index (χ1n) is 9.10. The van der Waals surface area contributed by atoms with E-state index in [9.17, 15) is 17.6 Å². The van der Waals surface area contributed by atoms with Gasteiger partial charge in [-0.15, -0.1) is 11.3 Å². The first kappa shape index (κ1) is 19.8. The molecule has 0 aliphatic carbocycles. The van der Waals surface area contributed by atoms with E-state index in [0.29, 0.717) is 5.56 Å². The van der Waals surface area contributed by atoms with Gasteiger partial charge in [-0.25, -0.2) is 12.8 Å². The summed E-state index contributed by atoms with van der Waals surface area (Å²) >= 11 is 1.12. The number of hydrogen-bond acceptors (Lipinski definition) is 4. The van der Waals surface area contributed by atoms with Crippen LogP contribution < -0.4 is 5.32 Å². The van der Waals surface area contributed by atoms with Crippen molar-refractivity contribution < 1.29 is 17.6 Å². The van der Waals surface area contributed by atoms with Gasteiger partial charge in [-0.3, -0.25) is 4.79 Å². The van der Waals surface area contributed by atoms with E-state index in [2.05, 4.69) is 5.32 Å². The van der Waals surface area contributed by atoms with E-state index in [1.165, 1.54) is 16.4 Å². The van der Waals surface area contributed by atoms with Crippen LogP contribution in [0.3, 0.4) is 0 Å². The molecule has 0 fully saturated rings. The van der Waals surface area contributed by atoms with Crippen LogP contribution in [0.25, 0.3) is 0 Å². The molecule has 150 valence electrons. The van der Waals surface area contributed by atoms with Crippen molar-refractivity contribution in [2.45, 2.75) is 29.8 Å². The Morgan fingerprint density at radius 3 is 2.52 bits per heavy atom. The van der Waals surface area contributed by atoms with Crippen molar-refractivity contribution in [2.24, 2.45) is 0 Å². The number of sulfonamides is 1. The summed E-state index contributed by atoms with van der Waals surface area (Å²) in [4.78, 5) is 13.0. The second-order valence-corrected chi connectivity index (χ2v) is 9.85. The van der Waals surface area contributed by atoms with E-state index in [1.54, 1.807) is 29.6 Å². The van der Waals surface area contributed by atoms with Gasteiger partial charge in [-0.05, 0) is 35.1 Å². The Morgan fingerprint density at radius 2 is 1.79 bits per heavy atom. The fourth-order valence-electron chi connectivity index (χ4n) is 3.44. The van der Waals surface area contributed by atoms with Gasteiger partial charge in [-0.2, -0.15) is 4.31 Å². The third-order valence-electron chi connectivity index (χ3n) is 4.98. The zero-order valence-electron chi connectivity index (χ0n) is 15.4. The highest BCUT2D eigenvalue weighted by Gasteiger charge is 2.39. The van der Waals surface area contributed by atoms with Crippen LogP contribution in [0.5, 0.6) is 0 Å². The Bertz CT molecular complexity index is 1130. The number of hydrogen-bond donors (Lipinski definition) is 1. The number of nitrogens with zero attached hydrogens (tertiary/aromatic N) is 1. The van der Waals surface area contributed by atoms with Gasteiger partial charge in [0.2, 0.25) is 5.91 Å². The largest absolute Gasteiger partial charge is 0.351 e. The van der Waals surface area contributed by atoms with Gasteiger partial charge < -0.3 is 5.32 Å². The topological polar surface area (TPSA) is 66.5 Å². The van der Waals surface area contributed by atoms with Crippen molar-refractivity contribution in [3.05, 3.63) is 88.6 Å². The second-order valence-electron chi connectivity index (χ2n) is 6.78. The maximum absolute atomic E-state index is 13.9. The average Bonchev–Trinajstić information content (AvgIpc) is 3.28. The van der Waals surface area contributed by atoms with Crippen molar-refractivity contribution in [1.29, 1.82) is 0 Å². The molecular weight excluding hydrogens is 411 g/mol. The highest BCUT2D eigenvalue weighted by atomic mass is 32.2. The fourth-order valence-corrected chi connectivity index (χ4v) is 6.13. The molecule has 2 aromatic carbocycles. The molecule has 5 nitrogen and oxygen atoms in total. The Kier molecular flexibility index (Phi) is 5.49. The molecule has 1 amide bonds. The van der Waals surface area contributed by atoms with Gasteiger partial charge in [0.15, 0.2) is 0 Å². The maximum Gasteiger partial charge on any atom is 0.253 e. The molecule has 3 aromatic rings. The first-order valence-corrected chi connectivity index (χ1v) is 11.4. The van der Waals surface area contributed by atoms with Crippen LogP contribution in [0.1, 0.15) is 16.7 Å². The molecule has 1 atom stereocenters. The molecule has 0 bridgehead atoms. The number of halogens is 1. The Labute approximate surface area is 172 Å². The Morgan fingerprint density at radius 1 is 1.07 bits per heavy atom. The summed E-state index contributed by atoms with van der Waals surface area (Å²) < 4.78 is 41.7. The predicted molar refractivity (Wildman–Crippen MR) is 109 cm³/mol. The maximum atomic E-state index is 13.9. The minimum atomic E-state index is -3.83. The van der Waals surface area contributed by atoms with Crippen LogP contribution in [-0.4, -0.2) is 24.7 Å². The number of rotatable bonds is 5. The number of carbonyl (C=O) groups excluding carboxylic acids is 1. The van der Waals surface area contributed by atoms with Gasteiger partial charge in [-0.1, -0.05) is 48.5 Å². The lowest BCUT2D eigenvalue weighted by Crippen LogP contribution is -2.52. The van der Waals surface area contributed by atoms with Crippen LogP contribution in [0.2, 0.25) is 0 Å². The number of nitrogens with one attached hydrogen (secondary N) is 1. The number of carbonyl (C=O) groups is 1. The van der Waals surface area contributed by atoms with E-state index in [1.807, 2.05) is 24.3 Å². The molecule has 1 unspecified atom stereocenters. The molecule has 0 spiro atoms. The SMILES string of the molecule is O=C(NCc1ccccc1F)C1Cc2ccccc2CN1S(=O)(=O)c1cccs1. The smallest absolute Gasteiger partial charge is 0.253 e. The number of amides is 1. The molecule has 1 aromatic heterocycles. The quantitative estimate of drug-likeness (QED) is 0.675. The van der Waals surface area contributed by atoms with Gasteiger partial charge >= 0.3 is 0 Å². The van der Waals surface area contributed by atoms with Crippen molar-refractivity contribution in [3.63, 3.8) is 0 Å². The zero-order chi connectivity index (χ0) is 20.4. The van der Waals surface area contributed by atoms with E-state index in [-0.39, 0.29) is 23.7 Å². The zero-order valence-corrected chi connectivity index (χ0v) is 17.0. The average molecular weight is 431 g/mol. The van der Waals surface area contributed by atoms with Crippen LogP contribution >= 0.6 is 11.3 Å². The summed E-state index contributed by atoms with van der Waals surface area (Å²) in [6.07, 6.45) is 0.268. The molecule has 1 aliphatic heterocycles. The van der Waals surface area contributed by atoms with Crippen LogP contribution in [0.4, 0.5) is 4.39 Å². The van der Waals surface area contributed by atoms with Gasteiger partial charge in [0, 0.05) is 18.7 Å². The minimum Gasteiger partial charge on any atom is -0.351 e. The third-order valence-corrected chi connectivity index (χ3v) is 8.20. The molecule has 4 rings (SSSR count). The number of thiophene rings is 1. The molecule has 1 aliphatic rings. The normalized spacial score (nSPS) is 16.9. The lowest BCUT2D eigenvalue weighted by molar-refractivity contribution is -0.125. The molecule has 29 heavy (non-hydrogen) atoms. The van der Waals surface area contributed by atoms with E-state index in [4.69, 9.17) is 0 Å². The fraction of sp³-hybridized carbons (Fsp3) is 0.190. The summed E-state index contributed by atoms with van der Waals surface area (Å²) in [6.45, 7) is 0.116. The Hall–Kier alpha value is -2.55. The second kappa shape index (κ2) is 8.06.